The molecule has 0 aliphatic rings. The van der Waals surface area contributed by atoms with Crippen LogP contribution in [0.1, 0.15) is 22.6 Å². The average Bonchev–Trinajstić information content (AvgIpc) is 2.23. The molecule has 1 heterocycles. The van der Waals surface area contributed by atoms with Crippen molar-refractivity contribution in [1.29, 1.82) is 0 Å². The van der Waals surface area contributed by atoms with Gasteiger partial charge in [0.15, 0.2) is 5.69 Å². The molecule has 1 aromatic rings. The Labute approximate surface area is 95.6 Å². The van der Waals surface area contributed by atoms with E-state index in [2.05, 4.69) is 9.72 Å². The second-order valence-electron chi connectivity index (χ2n) is 3.38. The summed E-state index contributed by atoms with van der Waals surface area (Å²) >= 11 is 0. The number of pyridine rings is 1. The zero-order valence-electron chi connectivity index (χ0n) is 9.04. The average molecular weight is 248 g/mol. The second-order valence-corrected chi connectivity index (χ2v) is 3.38. The van der Waals surface area contributed by atoms with Gasteiger partial charge in [0, 0.05) is 17.8 Å². The minimum Gasteiger partial charge on any atom is -0.464 e. The molecule has 0 atom stereocenters. The highest BCUT2D eigenvalue weighted by atomic mass is 19.4. The molecule has 0 fully saturated rings. The smallest absolute Gasteiger partial charge is 0.389 e. The number of nitrogens with zero attached hydrogens (tertiary/aromatic N) is 1. The normalized spacial score (nSPS) is 11.3. The molecule has 1 aromatic heterocycles. The first-order chi connectivity index (χ1) is 7.81. The van der Waals surface area contributed by atoms with E-state index in [4.69, 9.17) is 5.73 Å². The first-order valence-electron chi connectivity index (χ1n) is 4.73. The summed E-state index contributed by atoms with van der Waals surface area (Å²) < 4.78 is 40.5. The molecule has 0 saturated carbocycles. The van der Waals surface area contributed by atoms with Crippen molar-refractivity contribution in [2.45, 2.75) is 19.0 Å². The highest BCUT2D eigenvalue weighted by Gasteiger charge is 2.27. The van der Waals surface area contributed by atoms with Crippen LogP contribution in [0.3, 0.4) is 0 Å². The van der Waals surface area contributed by atoms with E-state index >= 15 is 0 Å². The van der Waals surface area contributed by atoms with Gasteiger partial charge in [0.1, 0.15) is 0 Å². The van der Waals surface area contributed by atoms with Gasteiger partial charge in [-0.3, -0.25) is 0 Å². The lowest BCUT2D eigenvalue weighted by Gasteiger charge is -2.07. The molecule has 4 nitrogen and oxygen atoms in total. The summed E-state index contributed by atoms with van der Waals surface area (Å²) in [7, 11) is 1.16. The Morgan fingerprint density at radius 3 is 2.65 bits per heavy atom. The van der Waals surface area contributed by atoms with Crippen LogP contribution in [0.15, 0.2) is 12.1 Å². The van der Waals surface area contributed by atoms with Crippen molar-refractivity contribution in [1.82, 2.24) is 4.98 Å². The highest BCUT2D eigenvalue weighted by Crippen LogP contribution is 2.22. The van der Waals surface area contributed by atoms with E-state index in [-0.39, 0.29) is 23.5 Å². The summed E-state index contributed by atoms with van der Waals surface area (Å²) in [5.74, 6) is -0.731. The molecule has 0 saturated heterocycles. The van der Waals surface area contributed by atoms with Crippen LogP contribution >= 0.6 is 0 Å². The molecular formula is C10H11F3N2O2. The molecule has 17 heavy (non-hydrogen) atoms. The molecule has 94 valence electrons. The number of ether oxygens (including phenoxy) is 1. The molecule has 2 N–H and O–H groups in total. The maximum atomic E-state index is 12.0. The van der Waals surface area contributed by atoms with Gasteiger partial charge < -0.3 is 10.5 Å². The van der Waals surface area contributed by atoms with Gasteiger partial charge in [0.2, 0.25) is 0 Å². The Kier molecular flexibility index (Phi) is 3.93. The fraction of sp³-hybridized carbons (Fsp3) is 0.400. The van der Waals surface area contributed by atoms with Crippen molar-refractivity contribution < 1.29 is 22.7 Å². The molecule has 0 aromatic carbocycles. The van der Waals surface area contributed by atoms with Crippen molar-refractivity contribution in [3.05, 3.63) is 23.5 Å². The van der Waals surface area contributed by atoms with E-state index in [1.54, 1.807) is 0 Å². The minimum absolute atomic E-state index is 0.0929. The topological polar surface area (TPSA) is 65.2 Å². The number of nitrogen functional groups attached to an aromatic ring is 1. The number of nitrogens with two attached hydrogens (primary N) is 1. The summed E-state index contributed by atoms with van der Waals surface area (Å²) in [5.41, 5.74) is 5.66. The lowest BCUT2D eigenvalue weighted by molar-refractivity contribution is -0.134. The predicted octanol–water partition coefficient (Wildman–Crippen LogP) is 1.95. The number of anilines is 1. The molecule has 0 radical (unpaired) electrons. The summed E-state index contributed by atoms with van der Waals surface area (Å²) in [6, 6.07) is 2.56. The van der Waals surface area contributed by atoms with Crippen LogP contribution < -0.4 is 5.73 Å². The van der Waals surface area contributed by atoms with E-state index in [0.717, 1.165) is 7.11 Å². The Balaban J connectivity index is 2.86. The number of aromatic nitrogens is 1. The Bertz CT molecular complexity index is 419. The molecule has 0 bridgehead atoms. The third-order valence-corrected chi connectivity index (χ3v) is 1.96. The minimum atomic E-state index is -4.27. The van der Waals surface area contributed by atoms with Gasteiger partial charge in [0.25, 0.3) is 0 Å². The number of hydrogen-bond donors (Lipinski definition) is 1. The van der Waals surface area contributed by atoms with E-state index in [9.17, 15) is 18.0 Å². The van der Waals surface area contributed by atoms with Crippen molar-refractivity contribution in [3.8, 4) is 0 Å². The van der Waals surface area contributed by atoms with Crippen LogP contribution in [0.25, 0.3) is 0 Å². The van der Waals surface area contributed by atoms with Gasteiger partial charge in [0.05, 0.1) is 7.11 Å². The van der Waals surface area contributed by atoms with Crippen LogP contribution in [-0.4, -0.2) is 24.2 Å². The molecular weight excluding hydrogens is 237 g/mol. The Hall–Kier alpha value is -1.79. The van der Waals surface area contributed by atoms with E-state index in [1.165, 1.54) is 12.1 Å². The van der Waals surface area contributed by atoms with Crippen LogP contribution in [0.5, 0.6) is 0 Å². The number of carbonyl (C=O) groups is 1. The highest BCUT2D eigenvalue weighted by molar-refractivity contribution is 5.88. The maximum absolute atomic E-state index is 12.0. The summed E-state index contributed by atoms with van der Waals surface area (Å²) in [4.78, 5) is 14.9. The zero-order valence-corrected chi connectivity index (χ0v) is 9.04. The molecule has 0 amide bonds. The largest absolute Gasteiger partial charge is 0.464 e. The fourth-order valence-corrected chi connectivity index (χ4v) is 1.22. The summed E-state index contributed by atoms with van der Waals surface area (Å²) in [5, 5.41) is 0. The molecule has 0 spiro atoms. The number of methoxy groups -OCH3 is 1. The Morgan fingerprint density at radius 1 is 1.47 bits per heavy atom. The Morgan fingerprint density at radius 2 is 2.12 bits per heavy atom. The fourth-order valence-electron chi connectivity index (χ4n) is 1.22. The molecule has 0 unspecified atom stereocenters. The van der Waals surface area contributed by atoms with Crippen LogP contribution in [0.2, 0.25) is 0 Å². The molecule has 7 heteroatoms. The van der Waals surface area contributed by atoms with Crippen LogP contribution in [0, 0.1) is 0 Å². The van der Waals surface area contributed by atoms with Gasteiger partial charge in [-0.25, -0.2) is 9.78 Å². The molecule has 0 aliphatic carbocycles. The van der Waals surface area contributed by atoms with Crippen molar-refractivity contribution in [2.75, 3.05) is 12.8 Å². The molecule has 1 rings (SSSR count). The SMILES string of the molecule is COC(=O)c1cc(N)cc(CCC(F)(F)F)n1. The van der Waals surface area contributed by atoms with E-state index < -0.39 is 18.6 Å². The summed E-state index contributed by atoms with van der Waals surface area (Å²) in [6.07, 6.45) is -5.60. The number of hydrogen-bond acceptors (Lipinski definition) is 4. The van der Waals surface area contributed by atoms with Crippen molar-refractivity contribution in [2.24, 2.45) is 0 Å². The third-order valence-electron chi connectivity index (χ3n) is 1.96. The van der Waals surface area contributed by atoms with Gasteiger partial charge in [-0.15, -0.1) is 0 Å². The maximum Gasteiger partial charge on any atom is 0.389 e. The quantitative estimate of drug-likeness (QED) is 0.830. The van der Waals surface area contributed by atoms with E-state index in [0.29, 0.717) is 0 Å². The zero-order chi connectivity index (χ0) is 13.1. The first-order valence-corrected chi connectivity index (χ1v) is 4.73. The standard InChI is InChI=1S/C10H11F3N2O2/c1-17-9(16)8-5-6(14)4-7(15-8)2-3-10(11,12)13/h4-5H,2-3H2,1H3,(H2,14,15). The summed E-state index contributed by atoms with van der Waals surface area (Å²) in [6.45, 7) is 0. The lowest BCUT2D eigenvalue weighted by Crippen LogP contribution is -2.12. The number of carbonyl (C=O) groups excluding carboxylic acids is 1. The number of rotatable bonds is 3. The van der Waals surface area contributed by atoms with Crippen LogP contribution in [-0.2, 0) is 11.2 Å². The number of esters is 1. The lowest BCUT2D eigenvalue weighted by atomic mass is 10.2. The van der Waals surface area contributed by atoms with E-state index in [1.807, 2.05) is 0 Å². The van der Waals surface area contributed by atoms with Gasteiger partial charge in [-0.2, -0.15) is 13.2 Å². The predicted molar refractivity (Wildman–Crippen MR) is 54.4 cm³/mol. The monoisotopic (exact) mass is 248 g/mol. The third kappa shape index (κ3) is 4.29. The molecule has 0 aliphatic heterocycles. The van der Waals surface area contributed by atoms with Gasteiger partial charge in [-0.1, -0.05) is 0 Å². The van der Waals surface area contributed by atoms with Crippen molar-refractivity contribution in [3.63, 3.8) is 0 Å². The van der Waals surface area contributed by atoms with Gasteiger partial charge in [-0.05, 0) is 18.6 Å². The number of aryl methyl sites for hydroxylation is 1. The van der Waals surface area contributed by atoms with Crippen LogP contribution in [0.4, 0.5) is 18.9 Å². The van der Waals surface area contributed by atoms with Gasteiger partial charge >= 0.3 is 12.1 Å². The number of alkyl halides is 3. The first kappa shape index (κ1) is 13.3. The van der Waals surface area contributed by atoms with Crippen molar-refractivity contribution >= 4 is 11.7 Å². The number of halogens is 3. The second kappa shape index (κ2) is 5.03.